The van der Waals surface area contributed by atoms with Gasteiger partial charge in [0.2, 0.25) is 0 Å². The van der Waals surface area contributed by atoms with E-state index in [0.717, 1.165) is 19.4 Å². The van der Waals surface area contributed by atoms with Crippen molar-refractivity contribution in [3.05, 3.63) is 42.5 Å². The quantitative estimate of drug-likeness (QED) is 0.755. The third kappa shape index (κ3) is 3.60. The van der Waals surface area contributed by atoms with E-state index >= 15 is 0 Å². The summed E-state index contributed by atoms with van der Waals surface area (Å²) in [7, 11) is 0. The molecule has 0 N–H and O–H groups in total. The zero-order valence-electron chi connectivity index (χ0n) is 11.6. The van der Waals surface area contributed by atoms with Gasteiger partial charge >= 0.3 is 6.09 Å². The number of rotatable bonds is 2. The van der Waals surface area contributed by atoms with Gasteiger partial charge in [0, 0.05) is 12.6 Å². The van der Waals surface area contributed by atoms with Gasteiger partial charge in [-0.25, -0.2) is 4.79 Å². The summed E-state index contributed by atoms with van der Waals surface area (Å²) in [5.41, 5.74) is 0. The van der Waals surface area contributed by atoms with Crippen LogP contribution in [0.4, 0.5) is 4.79 Å². The molecule has 1 amide bonds. The van der Waals surface area contributed by atoms with Crippen molar-refractivity contribution in [2.75, 3.05) is 6.54 Å². The van der Waals surface area contributed by atoms with Crippen LogP contribution in [0.5, 0.6) is 5.75 Å². The van der Waals surface area contributed by atoms with Crippen molar-refractivity contribution < 1.29 is 9.53 Å². The van der Waals surface area contributed by atoms with Gasteiger partial charge in [-0.1, -0.05) is 44.2 Å². The van der Waals surface area contributed by atoms with Crippen LogP contribution in [0.1, 0.15) is 26.7 Å². The van der Waals surface area contributed by atoms with E-state index in [-0.39, 0.29) is 12.1 Å². The minimum Gasteiger partial charge on any atom is -0.410 e. The van der Waals surface area contributed by atoms with Crippen LogP contribution in [-0.4, -0.2) is 23.6 Å². The zero-order valence-corrected chi connectivity index (χ0v) is 11.6. The standard InChI is InChI=1S/C16H21NO2/c1-13(2)15-11-7-4-8-12-17(15)16(18)19-14-9-5-3-6-10-14/h3-7,9-10,13,15H,8,11-12H2,1-2H3. The molecule has 102 valence electrons. The Kier molecular flexibility index (Phi) is 4.61. The molecule has 0 aliphatic carbocycles. The number of hydrogen-bond acceptors (Lipinski definition) is 2. The van der Waals surface area contributed by atoms with Gasteiger partial charge < -0.3 is 9.64 Å². The maximum absolute atomic E-state index is 12.3. The molecule has 1 atom stereocenters. The van der Waals surface area contributed by atoms with Crippen LogP contribution in [0.15, 0.2) is 42.5 Å². The molecule has 1 heterocycles. The molecule has 1 aromatic carbocycles. The van der Waals surface area contributed by atoms with Crippen LogP contribution < -0.4 is 4.74 Å². The topological polar surface area (TPSA) is 29.5 Å². The second-order valence-corrected chi connectivity index (χ2v) is 5.18. The first-order chi connectivity index (χ1) is 9.18. The molecule has 2 rings (SSSR count). The first-order valence-electron chi connectivity index (χ1n) is 6.87. The van der Waals surface area contributed by atoms with Crippen LogP contribution in [0.2, 0.25) is 0 Å². The van der Waals surface area contributed by atoms with E-state index in [4.69, 9.17) is 4.74 Å². The van der Waals surface area contributed by atoms with E-state index < -0.39 is 0 Å². The lowest BCUT2D eigenvalue weighted by Gasteiger charge is -2.31. The molecule has 1 aliphatic rings. The minimum atomic E-state index is -0.242. The van der Waals surface area contributed by atoms with Gasteiger partial charge in [0.25, 0.3) is 0 Å². The molecule has 1 aromatic rings. The van der Waals surface area contributed by atoms with Crippen LogP contribution in [0.3, 0.4) is 0 Å². The van der Waals surface area contributed by atoms with Crippen molar-refractivity contribution in [2.24, 2.45) is 5.92 Å². The Morgan fingerprint density at radius 3 is 2.68 bits per heavy atom. The van der Waals surface area contributed by atoms with Crippen LogP contribution in [-0.2, 0) is 0 Å². The van der Waals surface area contributed by atoms with Gasteiger partial charge in [-0.15, -0.1) is 0 Å². The van der Waals surface area contributed by atoms with Crippen molar-refractivity contribution in [1.29, 1.82) is 0 Å². The summed E-state index contributed by atoms with van der Waals surface area (Å²) >= 11 is 0. The predicted octanol–water partition coefficient (Wildman–Crippen LogP) is 3.86. The van der Waals surface area contributed by atoms with E-state index in [9.17, 15) is 4.79 Å². The fourth-order valence-electron chi connectivity index (χ4n) is 2.37. The average molecular weight is 259 g/mol. The van der Waals surface area contributed by atoms with Crippen molar-refractivity contribution in [2.45, 2.75) is 32.7 Å². The SMILES string of the molecule is CC(C)C1CC=CCCN1C(=O)Oc1ccccc1. The van der Waals surface area contributed by atoms with Gasteiger partial charge in [0.15, 0.2) is 0 Å². The van der Waals surface area contributed by atoms with Crippen LogP contribution >= 0.6 is 0 Å². The van der Waals surface area contributed by atoms with Crippen LogP contribution in [0.25, 0.3) is 0 Å². The predicted molar refractivity (Wildman–Crippen MR) is 76.2 cm³/mol. The highest BCUT2D eigenvalue weighted by Crippen LogP contribution is 2.21. The Hall–Kier alpha value is -1.77. The Morgan fingerprint density at radius 1 is 1.26 bits per heavy atom. The molecule has 1 aliphatic heterocycles. The van der Waals surface area contributed by atoms with Crippen molar-refractivity contribution in [1.82, 2.24) is 4.90 Å². The van der Waals surface area contributed by atoms with E-state index in [0.29, 0.717) is 11.7 Å². The highest BCUT2D eigenvalue weighted by molar-refractivity contribution is 5.71. The second kappa shape index (κ2) is 6.41. The number of para-hydroxylation sites is 1. The van der Waals surface area contributed by atoms with E-state index in [2.05, 4.69) is 26.0 Å². The second-order valence-electron chi connectivity index (χ2n) is 5.18. The molecule has 0 aromatic heterocycles. The van der Waals surface area contributed by atoms with E-state index in [1.165, 1.54) is 0 Å². The summed E-state index contributed by atoms with van der Waals surface area (Å²) in [5, 5.41) is 0. The summed E-state index contributed by atoms with van der Waals surface area (Å²) in [4.78, 5) is 14.2. The fourth-order valence-corrected chi connectivity index (χ4v) is 2.37. The maximum Gasteiger partial charge on any atom is 0.415 e. The van der Waals surface area contributed by atoms with Crippen LogP contribution in [0, 0.1) is 5.92 Å². The molecule has 1 unspecified atom stereocenters. The third-order valence-electron chi connectivity index (χ3n) is 3.43. The fraction of sp³-hybridized carbons (Fsp3) is 0.438. The van der Waals surface area contributed by atoms with Crippen molar-refractivity contribution in [3.63, 3.8) is 0 Å². The smallest absolute Gasteiger partial charge is 0.410 e. The molecule has 0 bridgehead atoms. The Morgan fingerprint density at radius 2 is 2.00 bits per heavy atom. The molecule has 19 heavy (non-hydrogen) atoms. The largest absolute Gasteiger partial charge is 0.415 e. The molecule has 0 fully saturated rings. The number of benzene rings is 1. The highest BCUT2D eigenvalue weighted by Gasteiger charge is 2.27. The van der Waals surface area contributed by atoms with Crippen molar-refractivity contribution in [3.8, 4) is 5.75 Å². The molecule has 3 heteroatoms. The summed E-state index contributed by atoms with van der Waals surface area (Å²) < 4.78 is 5.45. The zero-order chi connectivity index (χ0) is 13.7. The molecule has 0 saturated heterocycles. The van der Waals surface area contributed by atoms with E-state index in [1.807, 2.05) is 23.1 Å². The summed E-state index contributed by atoms with van der Waals surface area (Å²) in [6.45, 7) is 5.02. The maximum atomic E-state index is 12.3. The van der Waals surface area contributed by atoms with Gasteiger partial charge in [-0.3, -0.25) is 0 Å². The Bertz CT molecular complexity index is 439. The molecule has 0 saturated carbocycles. The highest BCUT2D eigenvalue weighted by atomic mass is 16.6. The lowest BCUT2D eigenvalue weighted by atomic mass is 10.00. The normalized spacial score (nSPS) is 19.3. The number of ether oxygens (including phenoxy) is 1. The lowest BCUT2D eigenvalue weighted by molar-refractivity contribution is 0.119. The molecular formula is C16H21NO2. The molecular weight excluding hydrogens is 238 g/mol. The monoisotopic (exact) mass is 259 g/mol. The first kappa shape index (κ1) is 13.7. The number of carbonyl (C=O) groups excluding carboxylic acids is 1. The summed E-state index contributed by atoms with van der Waals surface area (Å²) in [6.07, 6.45) is 5.87. The molecule has 3 nitrogen and oxygen atoms in total. The van der Waals surface area contributed by atoms with Gasteiger partial charge in [0.1, 0.15) is 5.75 Å². The number of hydrogen-bond donors (Lipinski definition) is 0. The van der Waals surface area contributed by atoms with Gasteiger partial charge in [-0.05, 0) is 30.9 Å². The number of amides is 1. The molecule has 0 spiro atoms. The number of carbonyl (C=O) groups is 1. The summed E-state index contributed by atoms with van der Waals surface area (Å²) in [5.74, 6) is 1.03. The Balaban J connectivity index is 2.07. The number of nitrogens with zero attached hydrogens (tertiary/aromatic N) is 1. The summed E-state index contributed by atoms with van der Waals surface area (Å²) in [6, 6.07) is 9.47. The van der Waals surface area contributed by atoms with Gasteiger partial charge in [-0.2, -0.15) is 0 Å². The first-order valence-corrected chi connectivity index (χ1v) is 6.87. The minimum absolute atomic E-state index is 0.218. The van der Waals surface area contributed by atoms with Gasteiger partial charge in [0.05, 0.1) is 0 Å². The average Bonchev–Trinajstić information content (AvgIpc) is 2.65. The third-order valence-corrected chi connectivity index (χ3v) is 3.43. The van der Waals surface area contributed by atoms with E-state index in [1.54, 1.807) is 12.1 Å². The lowest BCUT2D eigenvalue weighted by Crippen LogP contribution is -2.44. The van der Waals surface area contributed by atoms with Crippen molar-refractivity contribution >= 4 is 6.09 Å². The Labute approximate surface area is 114 Å². The molecule has 0 radical (unpaired) electrons.